The van der Waals surface area contributed by atoms with Crippen LogP contribution in [0.4, 0.5) is 0 Å². The van der Waals surface area contributed by atoms with Gasteiger partial charge in [0.2, 0.25) is 0 Å². The Morgan fingerprint density at radius 2 is 1.96 bits per heavy atom. The van der Waals surface area contributed by atoms with Gasteiger partial charge in [0.05, 0.1) is 0 Å². The number of benzene rings is 1. The SMILES string of the molecule is C=CCNCCNC[C@]1(C)CCC[C@]2(C)c3ccc(C(C)C)cc3CC[C@@H]12. The summed E-state index contributed by atoms with van der Waals surface area (Å²) in [6.45, 7) is 17.6. The highest BCUT2D eigenvalue weighted by atomic mass is 14.9. The maximum Gasteiger partial charge on any atom is 0.0132 e. The Bertz CT molecular complexity index is 650. The monoisotopic (exact) mass is 368 g/mol. The fourth-order valence-corrected chi connectivity index (χ4v) is 5.97. The summed E-state index contributed by atoms with van der Waals surface area (Å²) in [5.74, 6) is 1.40. The standard InChI is InChI=1S/C25H40N2/c1-6-14-26-15-16-27-18-24(4)12-7-13-25(5)22-10-8-20(19(2)3)17-21(22)9-11-23(24)25/h6,8,10,17,19,23,26-27H,1,7,9,11-16,18H2,2-5H3/t23-,24-,25+/m0/s1. The van der Waals surface area contributed by atoms with Gasteiger partial charge in [-0.1, -0.05) is 58.4 Å². The Hall–Kier alpha value is -1.12. The molecule has 1 aromatic carbocycles. The first-order valence-electron chi connectivity index (χ1n) is 11.1. The molecule has 2 nitrogen and oxygen atoms in total. The van der Waals surface area contributed by atoms with Crippen LogP contribution in [-0.2, 0) is 11.8 Å². The molecule has 0 amide bonds. The second kappa shape index (κ2) is 8.49. The van der Waals surface area contributed by atoms with Crippen molar-refractivity contribution >= 4 is 0 Å². The van der Waals surface area contributed by atoms with Gasteiger partial charge in [-0.15, -0.1) is 6.58 Å². The Balaban J connectivity index is 1.74. The molecule has 0 saturated heterocycles. The maximum absolute atomic E-state index is 3.77. The Morgan fingerprint density at radius 3 is 2.70 bits per heavy atom. The molecule has 2 heteroatoms. The van der Waals surface area contributed by atoms with E-state index in [9.17, 15) is 0 Å². The van der Waals surface area contributed by atoms with Gasteiger partial charge in [-0.25, -0.2) is 0 Å². The average Bonchev–Trinajstić information content (AvgIpc) is 2.64. The molecular formula is C25H40N2. The molecule has 0 spiro atoms. The van der Waals surface area contributed by atoms with E-state index in [2.05, 4.69) is 63.1 Å². The lowest BCUT2D eigenvalue weighted by Crippen LogP contribution is -2.53. The minimum absolute atomic E-state index is 0.346. The Morgan fingerprint density at radius 1 is 1.19 bits per heavy atom. The summed E-state index contributed by atoms with van der Waals surface area (Å²) in [6.07, 6.45) is 8.59. The van der Waals surface area contributed by atoms with Crippen LogP contribution in [0.15, 0.2) is 30.9 Å². The quantitative estimate of drug-likeness (QED) is 0.488. The summed E-state index contributed by atoms with van der Waals surface area (Å²) < 4.78 is 0. The van der Waals surface area contributed by atoms with Gasteiger partial charge in [-0.2, -0.15) is 0 Å². The van der Waals surface area contributed by atoms with Gasteiger partial charge in [-0.05, 0) is 65.0 Å². The van der Waals surface area contributed by atoms with Gasteiger partial charge in [0.15, 0.2) is 0 Å². The van der Waals surface area contributed by atoms with Gasteiger partial charge in [0, 0.05) is 26.2 Å². The fourth-order valence-electron chi connectivity index (χ4n) is 5.97. The van der Waals surface area contributed by atoms with Crippen LogP contribution in [0, 0.1) is 11.3 Å². The lowest BCUT2D eigenvalue weighted by atomic mass is 9.49. The largest absolute Gasteiger partial charge is 0.315 e. The minimum atomic E-state index is 0.346. The normalized spacial score (nSPS) is 30.0. The van der Waals surface area contributed by atoms with E-state index in [-0.39, 0.29) is 0 Å². The van der Waals surface area contributed by atoms with Gasteiger partial charge in [0.1, 0.15) is 0 Å². The molecule has 0 heterocycles. The number of rotatable bonds is 8. The van der Waals surface area contributed by atoms with Crippen LogP contribution in [0.5, 0.6) is 0 Å². The molecule has 2 aliphatic carbocycles. The summed E-state index contributed by atoms with van der Waals surface area (Å²) in [6, 6.07) is 7.39. The van der Waals surface area contributed by atoms with E-state index in [1.54, 1.807) is 11.1 Å². The van der Waals surface area contributed by atoms with Crippen molar-refractivity contribution in [3.8, 4) is 0 Å². The fraction of sp³-hybridized carbons (Fsp3) is 0.680. The zero-order valence-corrected chi connectivity index (χ0v) is 18.0. The van der Waals surface area contributed by atoms with E-state index in [0.717, 1.165) is 32.1 Å². The van der Waals surface area contributed by atoms with Crippen LogP contribution in [0.25, 0.3) is 0 Å². The van der Waals surface area contributed by atoms with Crippen molar-refractivity contribution in [3.05, 3.63) is 47.5 Å². The van der Waals surface area contributed by atoms with Crippen LogP contribution >= 0.6 is 0 Å². The molecule has 1 fully saturated rings. The molecule has 2 aliphatic rings. The van der Waals surface area contributed by atoms with Crippen LogP contribution < -0.4 is 10.6 Å². The van der Waals surface area contributed by atoms with Crippen LogP contribution in [0.3, 0.4) is 0 Å². The van der Waals surface area contributed by atoms with E-state index in [1.807, 2.05) is 6.08 Å². The molecule has 1 saturated carbocycles. The van der Waals surface area contributed by atoms with Crippen molar-refractivity contribution in [3.63, 3.8) is 0 Å². The van der Waals surface area contributed by atoms with Crippen molar-refractivity contribution in [2.24, 2.45) is 11.3 Å². The molecule has 150 valence electrons. The number of hydrogen-bond acceptors (Lipinski definition) is 2. The molecule has 0 bridgehead atoms. The third-order valence-electron chi connectivity index (χ3n) is 7.46. The zero-order chi connectivity index (χ0) is 19.5. The van der Waals surface area contributed by atoms with E-state index < -0.39 is 0 Å². The topological polar surface area (TPSA) is 24.1 Å². The van der Waals surface area contributed by atoms with Gasteiger partial charge in [0.25, 0.3) is 0 Å². The van der Waals surface area contributed by atoms with E-state index >= 15 is 0 Å². The van der Waals surface area contributed by atoms with Crippen molar-refractivity contribution in [2.45, 2.75) is 71.1 Å². The van der Waals surface area contributed by atoms with E-state index in [0.29, 0.717) is 16.7 Å². The van der Waals surface area contributed by atoms with Crippen molar-refractivity contribution < 1.29 is 0 Å². The van der Waals surface area contributed by atoms with Crippen molar-refractivity contribution in [1.29, 1.82) is 0 Å². The maximum atomic E-state index is 3.77. The van der Waals surface area contributed by atoms with Gasteiger partial charge in [-0.3, -0.25) is 0 Å². The Kier molecular flexibility index (Phi) is 6.48. The molecule has 0 aromatic heterocycles. The summed E-state index contributed by atoms with van der Waals surface area (Å²) in [5.41, 5.74) is 5.54. The molecule has 0 aliphatic heterocycles. The average molecular weight is 369 g/mol. The third-order valence-corrected chi connectivity index (χ3v) is 7.46. The van der Waals surface area contributed by atoms with Crippen molar-refractivity contribution in [1.82, 2.24) is 10.6 Å². The summed E-state index contributed by atoms with van der Waals surface area (Å²) in [5, 5.41) is 7.15. The number of aryl methyl sites for hydroxylation is 1. The summed E-state index contributed by atoms with van der Waals surface area (Å²) in [4.78, 5) is 0. The molecule has 3 atom stereocenters. The van der Waals surface area contributed by atoms with E-state index in [4.69, 9.17) is 0 Å². The second-order valence-electron chi connectivity index (χ2n) is 9.76. The lowest BCUT2D eigenvalue weighted by Gasteiger charge is -2.55. The number of fused-ring (bicyclic) bond motifs is 3. The smallest absolute Gasteiger partial charge is 0.0132 e. The summed E-state index contributed by atoms with van der Waals surface area (Å²) in [7, 11) is 0. The van der Waals surface area contributed by atoms with Crippen molar-refractivity contribution in [2.75, 3.05) is 26.2 Å². The zero-order valence-electron chi connectivity index (χ0n) is 18.0. The van der Waals surface area contributed by atoms with Crippen LogP contribution in [0.1, 0.15) is 76.0 Å². The molecule has 1 aromatic rings. The molecule has 0 radical (unpaired) electrons. The Labute approximate surface area is 167 Å². The highest BCUT2D eigenvalue weighted by molar-refractivity contribution is 5.42. The highest BCUT2D eigenvalue weighted by Crippen LogP contribution is 2.57. The first kappa shape index (κ1) is 20.6. The number of hydrogen-bond donors (Lipinski definition) is 2. The molecule has 3 rings (SSSR count). The van der Waals surface area contributed by atoms with Crippen LogP contribution in [-0.4, -0.2) is 26.2 Å². The first-order chi connectivity index (χ1) is 12.9. The molecule has 27 heavy (non-hydrogen) atoms. The molecular weight excluding hydrogens is 328 g/mol. The predicted molar refractivity (Wildman–Crippen MR) is 118 cm³/mol. The first-order valence-corrected chi connectivity index (χ1v) is 11.1. The van der Waals surface area contributed by atoms with Crippen LogP contribution in [0.2, 0.25) is 0 Å². The molecule has 0 unspecified atom stereocenters. The highest BCUT2D eigenvalue weighted by Gasteiger charge is 2.51. The molecule has 2 N–H and O–H groups in total. The third kappa shape index (κ3) is 4.17. The lowest BCUT2D eigenvalue weighted by molar-refractivity contribution is 0.0261. The van der Waals surface area contributed by atoms with Gasteiger partial charge >= 0.3 is 0 Å². The second-order valence-corrected chi connectivity index (χ2v) is 9.76. The summed E-state index contributed by atoms with van der Waals surface area (Å²) >= 11 is 0. The number of nitrogens with one attached hydrogen (secondary N) is 2. The van der Waals surface area contributed by atoms with Gasteiger partial charge < -0.3 is 10.6 Å². The van der Waals surface area contributed by atoms with E-state index in [1.165, 1.54) is 37.7 Å². The minimum Gasteiger partial charge on any atom is -0.315 e. The predicted octanol–water partition coefficient (Wildman–Crippen LogP) is 5.19.